The fourth-order valence-corrected chi connectivity index (χ4v) is 6.80. The van der Waals surface area contributed by atoms with Crippen molar-refractivity contribution in [2.24, 2.45) is 22.7 Å². The molecule has 0 spiro atoms. The highest BCUT2D eigenvalue weighted by atomic mass is 16.6. The van der Waals surface area contributed by atoms with E-state index in [1.807, 2.05) is 27.7 Å². The smallest absolute Gasteiger partial charge is 0.336 e. The summed E-state index contributed by atoms with van der Waals surface area (Å²) in [5.74, 6) is -4.10. The molecule has 1 aliphatic heterocycles. The van der Waals surface area contributed by atoms with Crippen LogP contribution in [-0.2, 0) is 33.4 Å². The van der Waals surface area contributed by atoms with E-state index in [0.717, 1.165) is 0 Å². The molecule has 4 aliphatic rings. The first-order valence-corrected chi connectivity index (χ1v) is 12.5. The third-order valence-electron chi connectivity index (χ3n) is 8.53. The molecule has 0 aromatic rings. The minimum absolute atomic E-state index is 0.00563. The van der Waals surface area contributed by atoms with E-state index in [2.05, 4.69) is 5.32 Å². The summed E-state index contributed by atoms with van der Waals surface area (Å²) in [6.07, 6.45) is 0.335. The number of Topliss-reactive ketones (excluding diaryl/α,β-unsaturated/α-hetero) is 2. The summed E-state index contributed by atoms with van der Waals surface area (Å²) in [6, 6.07) is 0. The van der Waals surface area contributed by atoms with Crippen LogP contribution < -0.4 is 5.32 Å². The summed E-state index contributed by atoms with van der Waals surface area (Å²) in [5.41, 5.74) is -1.45. The van der Waals surface area contributed by atoms with Crippen molar-refractivity contribution in [3.8, 4) is 0 Å². The lowest BCUT2D eigenvalue weighted by Gasteiger charge is -2.55. The Labute approximate surface area is 211 Å². The second-order valence-electron chi connectivity index (χ2n) is 12.0. The summed E-state index contributed by atoms with van der Waals surface area (Å²) in [7, 11) is 1.47. The molecule has 36 heavy (non-hydrogen) atoms. The zero-order valence-corrected chi connectivity index (χ0v) is 22.1. The highest BCUT2D eigenvalue weighted by Crippen LogP contribution is 2.63. The molecule has 2 unspecified atom stereocenters. The van der Waals surface area contributed by atoms with E-state index in [4.69, 9.17) is 14.2 Å². The van der Waals surface area contributed by atoms with Crippen LogP contribution in [0.5, 0.6) is 0 Å². The van der Waals surface area contributed by atoms with Gasteiger partial charge in [0.1, 0.15) is 12.2 Å². The highest BCUT2D eigenvalue weighted by Gasteiger charge is 2.67. The van der Waals surface area contributed by atoms with Crippen LogP contribution in [0.1, 0.15) is 60.8 Å². The number of aliphatic hydroxyl groups excluding tert-OH is 1. The molecule has 2 fully saturated rings. The monoisotopic (exact) mass is 503 g/mol. The fraction of sp³-hybridized carbons (Fsp3) is 0.704. The third-order valence-corrected chi connectivity index (χ3v) is 8.53. The standard InChI is InChI=1S/C27H37NO8/c1-13(29)35-16-10-26(5)15(8-9-17(26)30)19-21(16)27(6)18(12-34-7)36-24(33)14(11-28-25(2,3)4)20(27)23(32)22(19)31/h11,15-18,20,28,30H,8-10,12H2,1-7H3/b14-11-/t15?,16-,17+,18-,20?,26+,27+/m1/s1. The number of cyclic esters (lactones) is 1. The molecule has 1 saturated carbocycles. The van der Waals surface area contributed by atoms with Gasteiger partial charge in [-0.2, -0.15) is 0 Å². The van der Waals surface area contributed by atoms with Crippen molar-refractivity contribution in [1.29, 1.82) is 0 Å². The van der Waals surface area contributed by atoms with Crippen LogP contribution >= 0.6 is 0 Å². The van der Waals surface area contributed by atoms with E-state index in [0.29, 0.717) is 30.4 Å². The second kappa shape index (κ2) is 8.80. The minimum atomic E-state index is -1.19. The predicted molar refractivity (Wildman–Crippen MR) is 128 cm³/mol. The predicted octanol–water partition coefficient (Wildman–Crippen LogP) is 2.01. The summed E-state index contributed by atoms with van der Waals surface area (Å²) in [4.78, 5) is 53.1. The number of allylic oxidation sites excluding steroid dienone is 1. The number of ketones is 2. The molecule has 0 aromatic carbocycles. The fourth-order valence-electron chi connectivity index (χ4n) is 6.80. The highest BCUT2D eigenvalue weighted by molar-refractivity contribution is 6.47. The van der Waals surface area contributed by atoms with Gasteiger partial charge in [0, 0.05) is 42.2 Å². The van der Waals surface area contributed by atoms with E-state index in [9.17, 15) is 24.3 Å². The van der Waals surface area contributed by atoms with Gasteiger partial charge in [0.05, 0.1) is 24.2 Å². The molecule has 0 amide bonds. The molecule has 0 aromatic heterocycles. The molecule has 3 aliphatic carbocycles. The zero-order valence-electron chi connectivity index (χ0n) is 22.1. The lowest BCUT2D eigenvalue weighted by Crippen LogP contribution is -2.63. The molecule has 4 rings (SSSR count). The molecule has 2 N–H and O–H groups in total. The number of aliphatic hydroxyl groups is 1. The van der Waals surface area contributed by atoms with Crippen LogP contribution in [0.4, 0.5) is 0 Å². The van der Waals surface area contributed by atoms with Crippen molar-refractivity contribution >= 4 is 23.5 Å². The molecule has 198 valence electrons. The Balaban J connectivity index is 2.00. The number of nitrogens with one attached hydrogen (secondary N) is 1. The Morgan fingerprint density at radius 1 is 1.22 bits per heavy atom. The van der Waals surface area contributed by atoms with Crippen LogP contribution in [-0.4, -0.2) is 66.2 Å². The maximum atomic E-state index is 13.9. The van der Waals surface area contributed by atoms with Crippen molar-refractivity contribution in [3.05, 3.63) is 22.9 Å². The van der Waals surface area contributed by atoms with Gasteiger partial charge in [-0.05, 0) is 51.5 Å². The lowest BCUT2D eigenvalue weighted by atomic mass is 9.50. The molecule has 9 heteroatoms. The quantitative estimate of drug-likeness (QED) is 0.336. The molecular weight excluding hydrogens is 466 g/mol. The molecule has 0 radical (unpaired) electrons. The van der Waals surface area contributed by atoms with Crippen molar-refractivity contribution in [2.45, 2.75) is 84.7 Å². The first-order valence-electron chi connectivity index (χ1n) is 12.5. The number of esters is 2. The number of hydrogen-bond donors (Lipinski definition) is 2. The van der Waals surface area contributed by atoms with Gasteiger partial charge in [-0.1, -0.05) is 13.8 Å². The van der Waals surface area contributed by atoms with E-state index in [1.165, 1.54) is 20.2 Å². The Kier molecular flexibility index (Phi) is 6.49. The van der Waals surface area contributed by atoms with Gasteiger partial charge in [0.15, 0.2) is 0 Å². The van der Waals surface area contributed by atoms with Gasteiger partial charge in [-0.3, -0.25) is 14.4 Å². The molecule has 7 atom stereocenters. The van der Waals surface area contributed by atoms with Gasteiger partial charge in [-0.15, -0.1) is 0 Å². The number of carbonyl (C=O) groups excluding carboxylic acids is 4. The number of carbonyl (C=O) groups is 4. The van der Waals surface area contributed by atoms with Crippen molar-refractivity contribution in [2.75, 3.05) is 13.7 Å². The first-order chi connectivity index (χ1) is 16.7. The first kappa shape index (κ1) is 26.5. The van der Waals surface area contributed by atoms with Crippen molar-refractivity contribution in [1.82, 2.24) is 5.32 Å². The van der Waals surface area contributed by atoms with Crippen molar-refractivity contribution < 1.29 is 38.5 Å². The van der Waals surface area contributed by atoms with Gasteiger partial charge >= 0.3 is 11.9 Å². The van der Waals surface area contributed by atoms with E-state index < -0.39 is 64.1 Å². The van der Waals surface area contributed by atoms with Gasteiger partial charge in [0.25, 0.3) is 0 Å². The molecular formula is C27H37NO8. The van der Waals surface area contributed by atoms with Crippen LogP contribution in [0.25, 0.3) is 0 Å². The Morgan fingerprint density at radius 2 is 1.89 bits per heavy atom. The lowest BCUT2D eigenvalue weighted by molar-refractivity contribution is -0.174. The minimum Gasteiger partial charge on any atom is -0.458 e. The largest absolute Gasteiger partial charge is 0.458 e. The van der Waals surface area contributed by atoms with Gasteiger partial charge in [-0.25, -0.2) is 4.79 Å². The summed E-state index contributed by atoms with van der Waals surface area (Å²) < 4.78 is 17.1. The van der Waals surface area contributed by atoms with E-state index >= 15 is 0 Å². The Bertz CT molecular complexity index is 1070. The van der Waals surface area contributed by atoms with Crippen LogP contribution in [0.3, 0.4) is 0 Å². The second-order valence-corrected chi connectivity index (χ2v) is 12.0. The summed E-state index contributed by atoms with van der Waals surface area (Å²) >= 11 is 0. The summed E-state index contributed by atoms with van der Waals surface area (Å²) in [5, 5.41) is 14.0. The van der Waals surface area contributed by atoms with Gasteiger partial charge < -0.3 is 24.6 Å². The normalized spacial score (nSPS) is 39.4. The number of ether oxygens (including phenoxy) is 3. The van der Waals surface area contributed by atoms with Crippen LogP contribution in [0.2, 0.25) is 0 Å². The number of fused-ring (bicyclic) bond motifs is 4. The molecule has 9 nitrogen and oxygen atoms in total. The van der Waals surface area contributed by atoms with Gasteiger partial charge in [0.2, 0.25) is 11.6 Å². The molecule has 1 saturated heterocycles. The average molecular weight is 504 g/mol. The van der Waals surface area contributed by atoms with Crippen LogP contribution in [0.15, 0.2) is 22.9 Å². The Hall–Kier alpha value is -2.52. The maximum Gasteiger partial charge on any atom is 0.336 e. The topological polar surface area (TPSA) is 128 Å². The van der Waals surface area contributed by atoms with E-state index in [-0.39, 0.29) is 18.1 Å². The SMILES string of the molecule is COC[C@H]1OC(=O)/C(=C\NC(C)(C)C)C2C(=O)C(=O)C3=C([C@H](OC(C)=O)C[C@@]4(C)C3CC[C@@H]4O)[C@]21C. The summed E-state index contributed by atoms with van der Waals surface area (Å²) in [6.45, 7) is 10.7. The maximum absolute atomic E-state index is 13.9. The van der Waals surface area contributed by atoms with Crippen molar-refractivity contribution in [3.63, 3.8) is 0 Å². The molecule has 1 heterocycles. The number of methoxy groups -OCH3 is 1. The van der Waals surface area contributed by atoms with Crippen LogP contribution in [0, 0.1) is 22.7 Å². The zero-order chi connectivity index (χ0) is 26.8. The molecule has 0 bridgehead atoms. The average Bonchev–Trinajstić information content (AvgIpc) is 3.05. The number of hydrogen-bond acceptors (Lipinski definition) is 9. The number of rotatable bonds is 4. The third kappa shape index (κ3) is 3.91. The van der Waals surface area contributed by atoms with E-state index in [1.54, 1.807) is 6.92 Å². The Morgan fingerprint density at radius 3 is 2.47 bits per heavy atom.